The first kappa shape index (κ1) is 21.9. The maximum atomic E-state index is 13.6. The van der Waals surface area contributed by atoms with Crippen LogP contribution >= 0.6 is 24.0 Å². The van der Waals surface area contributed by atoms with Crippen LogP contribution in [0.1, 0.15) is 12.5 Å². The lowest BCUT2D eigenvalue weighted by molar-refractivity contribution is 0.214. The van der Waals surface area contributed by atoms with Crippen molar-refractivity contribution in [1.82, 2.24) is 10.6 Å². The molecule has 8 heteroatoms. The van der Waals surface area contributed by atoms with Crippen molar-refractivity contribution in [2.24, 2.45) is 4.99 Å². The normalized spacial score (nSPS) is 12.1. The average Bonchev–Trinajstić information content (AvgIpc) is 2.60. The molecule has 0 aromatic heterocycles. The van der Waals surface area contributed by atoms with Gasteiger partial charge in [-0.15, -0.1) is 24.0 Å². The molecule has 2 aromatic carbocycles. The van der Waals surface area contributed by atoms with Crippen LogP contribution in [0.3, 0.4) is 0 Å². The molecule has 0 radical (unpaired) electrons. The summed E-state index contributed by atoms with van der Waals surface area (Å²) < 4.78 is 32.4. The SMILES string of the molecule is CN=C(NCc1ccc(O)c(F)c1)NCC(C)Oc1ccccc1F.I. The van der Waals surface area contributed by atoms with Crippen LogP contribution in [-0.2, 0) is 6.54 Å². The number of hydrogen-bond donors (Lipinski definition) is 3. The zero-order chi connectivity index (χ0) is 18.2. The highest BCUT2D eigenvalue weighted by molar-refractivity contribution is 14.0. The van der Waals surface area contributed by atoms with Gasteiger partial charge in [-0.25, -0.2) is 8.78 Å². The highest BCUT2D eigenvalue weighted by atomic mass is 127. The van der Waals surface area contributed by atoms with Gasteiger partial charge in [-0.2, -0.15) is 0 Å². The molecular formula is C18H22F2IN3O2. The number of benzene rings is 2. The van der Waals surface area contributed by atoms with Gasteiger partial charge in [0.1, 0.15) is 6.10 Å². The summed E-state index contributed by atoms with van der Waals surface area (Å²) in [5.41, 5.74) is 0.661. The number of nitrogens with one attached hydrogen (secondary N) is 2. The number of hydrogen-bond acceptors (Lipinski definition) is 3. The van der Waals surface area contributed by atoms with Crippen molar-refractivity contribution in [3.63, 3.8) is 0 Å². The number of para-hydroxylation sites is 1. The molecule has 0 aliphatic rings. The van der Waals surface area contributed by atoms with Gasteiger partial charge in [0.2, 0.25) is 0 Å². The fourth-order valence-corrected chi connectivity index (χ4v) is 2.11. The standard InChI is InChI=1S/C18H21F2N3O2.HI/c1-12(25-17-6-4-3-5-14(17)19)10-22-18(21-2)23-11-13-7-8-16(24)15(20)9-13;/h3-9,12,24H,10-11H2,1-2H3,(H2,21,22,23);1H. The number of phenolic OH excluding ortho intramolecular Hbond substituents is 1. The van der Waals surface area contributed by atoms with Crippen molar-refractivity contribution in [3.8, 4) is 11.5 Å². The lowest BCUT2D eigenvalue weighted by atomic mass is 10.2. The summed E-state index contributed by atoms with van der Waals surface area (Å²) in [5.74, 6) is -0.775. The Morgan fingerprint density at radius 3 is 2.54 bits per heavy atom. The minimum atomic E-state index is -0.672. The summed E-state index contributed by atoms with van der Waals surface area (Å²) >= 11 is 0. The maximum absolute atomic E-state index is 13.6. The fraction of sp³-hybridized carbons (Fsp3) is 0.278. The van der Waals surface area contributed by atoms with E-state index in [1.54, 1.807) is 31.3 Å². The van der Waals surface area contributed by atoms with Crippen molar-refractivity contribution in [1.29, 1.82) is 0 Å². The van der Waals surface area contributed by atoms with Crippen LogP contribution in [0.25, 0.3) is 0 Å². The molecule has 142 valence electrons. The predicted molar refractivity (Wildman–Crippen MR) is 108 cm³/mol. The van der Waals surface area contributed by atoms with Gasteiger partial charge in [0.15, 0.2) is 29.1 Å². The van der Waals surface area contributed by atoms with E-state index in [1.807, 2.05) is 6.92 Å². The monoisotopic (exact) mass is 477 g/mol. The van der Waals surface area contributed by atoms with Crippen LogP contribution in [0.5, 0.6) is 11.5 Å². The van der Waals surface area contributed by atoms with E-state index >= 15 is 0 Å². The molecule has 0 amide bonds. The molecule has 0 spiro atoms. The molecule has 1 atom stereocenters. The third-order valence-corrected chi connectivity index (χ3v) is 3.42. The summed E-state index contributed by atoms with van der Waals surface area (Å²) in [6.07, 6.45) is -0.290. The minimum absolute atomic E-state index is 0. The molecule has 5 nitrogen and oxygen atoms in total. The molecular weight excluding hydrogens is 455 g/mol. The van der Waals surface area contributed by atoms with Crippen LogP contribution in [0, 0.1) is 11.6 Å². The fourth-order valence-electron chi connectivity index (χ4n) is 2.11. The van der Waals surface area contributed by atoms with Crippen LogP contribution in [0.2, 0.25) is 0 Å². The van der Waals surface area contributed by atoms with Gasteiger partial charge < -0.3 is 20.5 Å². The van der Waals surface area contributed by atoms with E-state index in [2.05, 4.69) is 15.6 Å². The second-order valence-corrected chi connectivity index (χ2v) is 5.45. The summed E-state index contributed by atoms with van der Waals surface area (Å²) in [5, 5.41) is 15.3. The largest absolute Gasteiger partial charge is 0.505 e. The first-order valence-corrected chi connectivity index (χ1v) is 7.82. The highest BCUT2D eigenvalue weighted by Gasteiger charge is 2.09. The number of aliphatic imine (C=N–C) groups is 1. The van der Waals surface area contributed by atoms with Crippen molar-refractivity contribution in [3.05, 3.63) is 59.7 Å². The number of nitrogens with zero attached hydrogens (tertiary/aromatic N) is 1. The molecule has 26 heavy (non-hydrogen) atoms. The number of guanidine groups is 1. The maximum Gasteiger partial charge on any atom is 0.191 e. The summed E-state index contributed by atoms with van der Waals surface area (Å²) in [6.45, 7) is 2.54. The molecule has 0 bridgehead atoms. The molecule has 0 saturated carbocycles. The quantitative estimate of drug-likeness (QED) is 0.339. The molecule has 1 unspecified atom stereocenters. The smallest absolute Gasteiger partial charge is 0.191 e. The van der Waals surface area contributed by atoms with E-state index in [4.69, 9.17) is 4.74 Å². The van der Waals surface area contributed by atoms with Gasteiger partial charge in [-0.1, -0.05) is 18.2 Å². The van der Waals surface area contributed by atoms with Gasteiger partial charge in [0.05, 0.1) is 6.54 Å². The number of aromatic hydroxyl groups is 1. The lowest BCUT2D eigenvalue weighted by Gasteiger charge is -2.18. The van der Waals surface area contributed by atoms with E-state index in [1.165, 1.54) is 18.2 Å². The Bertz CT molecular complexity index is 744. The van der Waals surface area contributed by atoms with E-state index in [-0.39, 0.29) is 41.6 Å². The molecule has 2 aromatic rings. The Kier molecular flexibility index (Phi) is 9.11. The van der Waals surface area contributed by atoms with Crippen LogP contribution < -0.4 is 15.4 Å². The number of rotatable bonds is 6. The van der Waals surface area contributed by atoms with E-state index in [9.17, 15) is 13.9 Å². The lowest BCUT2D eigenvalue weighted by Crippen LogP contribution is -2.41. The Balaban J connectivity index is 0.00000338. The Morgan fingerprint density at radius 2 is 1.88 bits per heavy atom. The van der Waals surface area contributed by atoms with Crippen molar-refractivity contribution in [2.45, 2.75) is 19.6 Å². The van der Waals surface area contributed by atoms with Crippen molar-refractivity contribution < 1.29 is 18.6 Å². The van der Waals surface area contributed by atoms with Crippen molar-refractivity contribution in [2.75, 3.05) is 13.6 Å². The first-order valence-electron chi connectivity index (χ1n) is 7.82. The van der Waals surface area contributed by atoms with Gasteiger partial charge >= 0.3 is 0 Å². The van der Waals surface area contributed by atoms with Gasteiger partial charge in [0, 0.05) is 13.6 Å². The van der Waals surface area contributed by atoms with Crippen LogP contribution in [-0.4, -0.2) is 30.8 Å². The molecule has 3 N–H and O–H groups in total. The highest BCUT2D eigenvalue weighted by Crippen LogP contribution is 2.17. The summed E-state index contributed by atoms with van der Waals surface area (Å²) in [6, 6.07) is 10.4. The van der Waals surface area contributed by atoms with Crippen LogP contribution in [0.4, 0.5) is 8.78 Å². The van der Waals surface area contributed by atoms with Gasteiger partial charge in [0.25, 0.3) is 0 Å². The molecule has 0 aliphatic heterocycles. The number of halogens is 3. The van der Waals surface area contributed by atoms with Gasteiger partial charge in [-0.3, -0.25) is 4.99 Å². The van der Waals surface area contributed by atoms with Crippen molar-refractivity contribution >= 4 is 29.9 Å². The third kappa shape index (κ3) is 6.66. The zero-order valence-electron chi connectivity index (χ0n) is 14.5. The summed E-state index contributed by atoms with van der Waals surface area (Å²) in [7, 11) is 1.61. The van der Waals surface area contributed by atoms with Crippen LogP contribution in [0.15, 0.2) is 47.5 Å². The molecule has 0 heterocycles. The second kappa shape index (κ2) is 10.8. The number of ether oxygens (including phenoxy) is 1. The second-order valence-electron chi connectivity index (χ2n) is 5.45. The molecule has 0 saturated heterocycles. The number of phenols is 1. The first-order chi connectivity index (χ1) is 12.0. The van der Waals surface area contributed by atoms with E-state index < -0.39 is 11.6 Å². The van der Waals surface area contributed by atoms with Gasteiger partial charge in [-0.05, 0) is 36.8 Å². The zero-order valence-corrected chi connectivity index (χ0v) is 16.8. The molecule has 0 fully saturated rings. The Labute approximate surface area is 168 Å². The predicted octanol–water partition coefficient (Wildman–Crippen LogP) is 3.42. The Hall–Kier alpha value is -2.10. The van der Waals surface area contributed by atoms with E-state index in [0.717, 1.165) is 0 Å². The Morgan fingerprint density at radius 1 is 1.15 bits per heavy atom. The topological polar surface area (TPSA) is 65.9 Å². The average molecular weight is 477 g/mol. The third-order valence-electron chi connectivity index (χ3n) is 3.42. The molecule has 2 rings (SSSR count). The van der Waals surface area contributed by atoms with E-state index in [0.29, 0.717) is 24.6 Å². The molecule has 0 aliphatic carbocycles. The minimum Gasteiger partial charge on any atom is -0.505 e. The summed E-state index contributed by atoms with van der Waals surface area (Å²) in [4.78, 5) is 4.06.